The fourth-order valence-corrected chi connectivity index (χ4v) is 3.04. The smallest absolute Gasteiger partial charge is 0.239 e. The van der Waals surface area contributed by atoms with Gasteiger partial charge in [-0.25, -0.2) is 0 Å². The van der Waals surface area contributed by atoms with E-state index >= 15 is 0 Å². The van der Waals surface area contributed by atoms with E-state index in [0.29, 0.717) is 23.8 Å². The lowest BCUT2D eigenvalue weighted by Gasteiger charge is -2.24. The first-order valence-electron chi connectivity index (χ1n) is 8.08. The summed E-state index contributed by atoms with van der Waals surface area (Å²) in [5.74, 6) is -0.953. The number of nitrogens with one attached hydrogen (secondary N) is 1. The van der Waals surface area contributed by atoms with Gasteiger partial charge in [-0.3, -0.25) is 14.4 Å². The first-order valence-corrected chi connectivity index (χ1v) is 8.46. The Bertz CT molecular complexity index is 635. The number of anilines is 1. The van der Waals surface area contributed by atoms with Gasteiger partial charge in [0.15, 0.2) is 0 Å². The number of hydrogen-bond acceptors (Lipinski definition) is 3. The number of para-hydroxylation sites is 1. The number of halogens is 1. The number of amides is 3. The van der Waals surface area contributed by atoms with Crippen LogP contribution in [0.2, 0.25) is 5.02 Å². The lowest BCUT2D eigenvalue weighted by molar-refractivity contribution is -0.139. The third kappa shape index (κ3) is 4.06. The van der Waals surface area contributed by atoms with Crippen LogP contribution in [-0.2, 0) is 14.4 Å². The highest BCUT2D eigenvalue weighted by Gasteiger charge is 2.37. The van der Waals surface area contributed by atoms with Crippen molar-refractivity contribution in [3.8, 4) is 0 Å². The predicted octanol–water partition coefficient (Wildman–Crippen LogP) is 1.68. The van der Waals surface area contributed by atoms with Crippen molar-refractivity contribution < 1.29 is 14.4 Å². The standard InChI is InChI=1S/C17H22ClN3O3/c1-3-19-15(22)11-20(4-2)17(24)12-9-16(23)21(10-12)14-8-6-5-7-13(14)18/h5-8,12H,3-4,9-11H2,1-2H3,(H,19,22). The Hall–Kier alpha value is -2.08. The fraction of sp³-hybridized carbons (Fsp3) is 0.471. The zero-order valence-corrected chi connectivity index (χ0v) is 14.7. The van der Waals surface area contributed by atoms with Crippen LogP contribution in [0, 0.1) is 5.92 Å². The van der Waals surface area contributed by atoms with Crippen molar-refractivity contribution in [3.63, 3.8) is 0 Å². The molecule has 2 rings (SSSR count). The summed E-state index contributed by atoms with van der Waals surface area (Å²) in [6.07, 6.45) is 0.135. The van der Waals surface area contributed by atoms with Crippen molar-refractivity contribution in [2.24, 2.45) is 5.92 Å². The minimum absolute atomic E-state index is 0.0138. The van der Waals surface area contributed by atoms with Crippen LogP contribution in [-0.4, -0.2) is 48.8 Å². The highest BCUT2D eigenvalue weighted by Crippen LogP contribution is 2.31. The average molecular weight is 352 g/mol. The molecule has 0 bridgehead atoms. The van der Waals surface area contributed by atoms with E-state index in [1.54, 1.807) is 29.2 Å². The molecule has 0 aliphatic carbocycles. The molecule has 1 atom stereocenters. The van der Waals surface area contributed by atoms with E-state index < -0.39 is 5.92 Å². The molecule has 1 aromatic rings. The number of hydrogen-bond donors (Lipinski definition) is 1. The van der Waals surface area contributed by atoms with Crippen LogP contribution in [0.15, 0.2) is 24.3 Å². The van der Waals surface area contributed by atoms with Gasteiger partial charge < -0.3 is 15.1 Å². The van der Waals surface area contributed by atoms with Gasteiger partial charge in [0, 0.05) is 26.1 Å². The highest BCUT2D eigenvalue weighted by molar-refractivity contribution is 6.33. The minimum atomic E-state index is -0.455. The van der Waals surface area contributed by atoms with Gasteiger partial charge in [0.05, 0.1) is 23.2 Å². The van der Waals surface area contributed by atoms with Crippen LogP contribution in [0.5, 0.6) is 0 Å². The van der Waals surface area contributed by atoms with Gasteiger partial charge in [-0.05, 0) is 26.0 Å². The monoisotopic (exact) mass is 351 g/mol. The van der Waals surface area contributed by atoms with Gasteiger partial charge in [-0.2, -0.15) is 0 Å². The molecule has 1 aliphatic rings. The molecule has 1 heterocycles. The molecule has 1 aliphatic heterocycles. The summed E-state index contributed by atoms with van der Waals surface area (Å²) < 4.78 is 0. The number of benzene rings is 1. The average Bonchev–Trinajstić information content (AvgIpc) is 2.94. The Balaban J connectivity index is 2.07. The third-order valence-corrected chi connectivity index (χ3v) is 4.34. The molecule has 0 saturated carbocycles. The molecule has 6 nitrogen and oxygen atoms in total. The van der Waals surface area contributed by atoms with Crippen LogP contribution in [0.4, 0.5) is 5.69 Å². The second-order valence-electron chi connectivity index (χ2n) is 5.66. The van der Waals surface area contributed by atoms with E-state index in [4.69, 9.17) is 11.6 Å². The van der Waals surface area contributed by atoms with Crippen LogP contribution in [0.3, 0.4) is 0 Å². The molecule has 1 fully saturated rings. The van der Waals surface area contributed by atoms with Crippen molar-refractivity contribution in [2.75, 3.05) is 31.1 Å². The third-order valence-electron chi connectivity index (χ3n) is 4.02. The lowest BCUT2D eigenvalue weighted by Crippen LogP contribution is -2.43. The van der Waals surface area contributed by atoms with Crippen molar-refractivity contribution in [2.45, 2.75) is 20.3 Å². The first-order chi connectivity index (χ1) is 11.5. The summed E-state index contributed by atoms with van der Waals surface area (Å²) in [6.45, 7) is 4.89. The molecule has 1 aromatic carbocycles. The quantitative estimate of drug-likeness (QED) is 0.847. The molecule has 1 saturated heterocycles. The number of carbonyl (C=O) groups is 3. The molecule has 1 unspecified atom stereocenters. The minimum Gasteiger partial charge on any atom is -0.355 e. The largest absolute Gasteiger partial charge is 0.355 e. The molecule has 0 aromatic heterocycles. The topological polar surface area (TPSA) is 69.7 Å². The van der Waals surface area contributed by atoms with Crippen LogP contribution < -0.4 is 10.2 Å². The van der Waals surface area contributed by atoms with Crippen molar-refractivity contribution in [1.82, 2.24) is 10.2 Å². The molecule has 0 spiro atoms. The molecule has 7 heteroatoms. The van der Waals surface area contributed by atoms with Crippen LogP contribution in [0.1, 0.15) is 20.3 Å². The van der Waals surface area contributed by atoms with Crippen molar-refractivity contribution >= 4 is 35.0 Å². The Morgan fingerprint density at radius 1 is 1.33 bits per heavy atom. The van der Waals surface area contributed by atoms with Gasteiger partial charge in [0.2, 0.25) is 17.7 Å². The number of nitrogens with zero attached hydrogens (tertiary/aromatic N) is 2. The van der Waals surface area contributed by atoms with Gasteiger partial charge in [0.25, 0.3) is 0 Å². The van der Waals surface area contributed by atoms with E-state index in [1.165, 1.54) is 4.90 Å². The Kier molecular flexibility index (Phi) is 6.20. The van der Waals surface area contributed by atoms with E-state index in [0.717, 1.165) is 0 Å². The van der Waals surface area contributed by atoms with Crippen molar-refractivity contribution in [3.05, 3.63) is 29.3 Å². The summed E-state index contributed by atoms with van der Waals surface area (Å²) in [7, 11) is 0. The molecular weight excluding hydrogens is 330 g/mol. The van der Waals surface area contributed by atoms with Gasteiger partial charge in [0.1, 0.15) is 0 Å². The maximum atomic E-state index is 12.7. The summed E-state index contributed by atoms with van der Waals surface area (Å²) >= 11 is 6.15. The zero-order chi connectivity index (χ0) is 17.7. The van der Waals surface area contributed by atoms with Crippen LogP contribution in [0.25, 0.3) is 0 Å². The zero-order valence-electron chi connectivity index (χ0n) is 13.9. The highest BCUT2D eigenvalue weighted by atomic mass is 35.5. The summed E-state index contributed by atoms with van der Waals surface area (Å²) in [5.41, 5.74) is 0.617. The second-order valence-corrected chi connectivity index (χ2v) is 6.07. The predicted molar refractivity (Wildman–Crippen MR) is 92.8 cm³/mol. The number of carbonyl (C=O) groups excluding carboxylic acids is 3. The Morgan fingerprint density at radius 2 is 2.04 bits per heavy atom. The van der Waals surface area contributed by atoms with Gasteiger partial charge in [-0.15, -0.1) is 0 Å². The maximum absolute atomic E-state index is 12.7. The summed E-state index contributed by atoms with van der Waals surface area (Å²) in [6, 6.07) is 7.07. The normalized spacial score (nSPS) is 17.0. The maximum Gasteiger partial charge on any atom is 0.239 e. The second kappa shape index (κ2) is 8.15. The summed E-state index contributed by atoms with van der Waals surface area (Å²) in [4.78, 5) is 39.7. The molecular formula is C17H22ClN3O3. The van der Waals surface area contributed by atoms with Gasteiger partial charge >= 0.3 is 0 Å². The summed E-state index contributed by atoms with van der Waals surface area (Å²) in [5, 5.41) is 3.16. The van der Waals surface area contributed by atoms with Crippen LogP contribution >= 0.6 is 11.6 Å². The molecule has 130 valence electrons. The van der Waals surface area contributed by atoms with E-state index in [2.05, 4.69) is 5.32 Å². The molecule has 1 N–H and O–H groups in total. The van der Waals surface area contributed by atoms with Gasteiger partial charge in [-0.1, -0.05) is 23.7 Å². The van der Waals surface area contributed by atoms with E-state index in [-0.39, 0.29) is 37.2 Å². The molecule has 0 radical (unpaired) electrons. The first kappa shape index (κ1) is 18.3. The molecule has 3 amide bonds. The number of rotatable bonds is 6. The lowest BCUT2D eigenvalue weighted by atomic mass is 10.1. The SMILES string of the molecule is CCNC(=O)CN(CC)C(=O)C1CC(=O)N(c2ccccc2Cl)C1. The van der Waals surface area contributed by atoms with E-state index in [1.807, 2.05) is 13.8 Å². The Morgan fingerprint density at radius 3 is 2.67 bits per heavy atom. The van der Waals surface area contributed by atoms with E-state index in [9.17, 15) is 14.4 Å². The van der Waals surface area contributed by atoms with Crippen molar-refractivity contribution in [1.29, 1.82) is 0 Å². The Labute approximate surface area is 146 Å². The number of likely N-dealkylation sites (N-methyl/N-ethyl adjacent to an activating group) is 2. The molecule has 24 heavy (non-hydrogen) atoms. The fourth-order valence-electron chi connectivity index (χ4n) is 2.81.